The fraction of sp³-hybridized carbons (Fsp3) is 0.208. The zero-order valence-electron chi connectivity index (χ0n) is 18.8. The lowest BCUT2D eigenvalue weighted by molar-refractivity contribution is 0.122. The highest BCUT2D eigenvalue weighted by Gasteiger charge is 2.17. The standard InChI is InChI=1S/C24H23N7O2S2/c34-23(27-16-18-7-8-19(33-18)17-5-2-1-3-6-17)30-22-28-20(31-11-13-32-14-12-31)15-21(29-22)35-24-25-9-4-10-26-24/h1-10,15H,11-14,16H2,(H2,27,28,29,30,34). The molecule has 1 aromatic carbocycles. The largest absolute Gasteiger partial charge is 0.459 e. The predicted octanol–water partition coefficient (Wildman–Crippen LogP) is 4.00. The Balaban J connectivity index is 1.27. The van der Waals surface area contributed by atoms with Crippen LogP contribution in [-0.4, -0.2) is 51.4 Å². The van der Waals surface area contributed by atoms with Gasteiger partial charge in [-0.2, -0.15) is 4.98 Å². The van der Waals surface area contributed by atoms with Crippen molar-refractivity contribution in [3.05, 3.63) is 72.8 Å². The van der Waals surface area contributed by atoms with Crippen molar-refractivity contribution in [2.75, 3.05) is 36.5 Å². The van der Waals surface area contributed by atoms with Gasteiger partial charge in [0, 0.05) is 37.1 Å². The first-order valence-corrected chi connectivity index (χ1v) is 12.3. The van der Waals surface area contributed by atoms with Crippen molar-refractivity contribution in [1.82, 2.24) is 25.3 Å². The molecule has 1 aliphatic rings. The smallest absolute Gasteiger partial charge is 0.232 e. The molecule has 0 atom stereocenters. The van der Waals surface area contributed by atoms with E-state index in [0.717, 1.165) is 41.0 Å². The normalized spacial score (nSPS) is 13.4. The number of nitrogens with zero attached hydrogens (tertiary/aromatic N) is 5. The lowest BCUT2D eigenvalue weighted by Gasteiger charge is -2.28. The van der Waals surface area contributed by atoms with E-state index >= 15 is 0 Å². The number of morpholine rings is 1. The molecule has 5 rings (SSSR count). The number of rotatable bonds is 7. The Kier molecular flexibility index (Phi) is 7.47. The van der Waals surface area contributed by atoms with Crippen LogP contribution in [0.3, 0.4) is 0 Å². The Morgan fingerprint density at radius 3 is 2.60 bits per heavy atom. The van der Waals surface area contributed by atoms with Crippen LogP contribution in [0.2, 0.25) is 0 Å². The van der Waals surface area contributed by atoms with Crippen LogP contribution in [0.5, 0.6) is 0 Å². The summed E-state index contributed by atoms with van der Waals surface area (Å²) in [7, 11) is 0. The van der Waals surface area contributed by atoms with E-state index in [1.165, 1.54) is 11.8 Å². The van der Waals surface area contributed by atoms with Gasteiger partial charge in [0.1, 0.15) is 22.4 Å². The zero-order chi connectivity index (χ0) is 23.9. The fourth-order valence-corrected chi connectivity index (χ4v) is 4.32. The molecule has 3 aromatic heterocycles. The Hall–Kier alpha value is -3.54. The number of nitrogens with one attached hydrogen (secondary N) is 2. The molecule has 9 nitrogen and oxygen atoms in total. The second-order valence-electron chi connectivity index (χ2n) is 7.56. The van der Waals surface area contributed by atoms with Crippen LogP contribution >= 0.6 is 24.0 Å². The summed E-state index contributed by atoms with van der Waals surface area (Å²) in [6.07, 6.45) is 3.41. The highest BCUT2D eigenvalue weighted by Crippen LogP contribution is 2.27. The van der Waals surface area contributed by atoms with Gasteiger partial charge >= 0.3 is 0 Å². The van der Waals surface area contributed by atoms with Gasteiger partial charge in [-0.1, -0.05) is 30.3 Å². The highest BCUT2D eigenvalue weighted by atomic mass is 32.2. The van der Waals surface area contributed by atoms with Gasteiger partial charge in [-0.3, -0.25) is 0 Å². The van der Waals surface area contributed by atoms with Gasteiger partial charge in [0.15, 0.2) is 10.3 Å². The average Bonchev–Trinajstić information content (AvgIpc) is 3.38. The number of ether oxygens (including phenoxy) is 1. The molecule has 2 N–H and O–H groups in total. The van der Waals surface area contributed by atoms with Gasteiger partial charge in [-0.05, 0) is 42.2 Å². The highest BCUT2D eigenvalue weighted by molar-refractivity contribution is 7.99. The van der Waals surface area contributed by atoms with Crippen molar-refractivity contribution in [1.29, 1.82) is 0 Å². The van der Waals surface area contributed by atoms with Crippen LogP contribution in [0.15, 0.2) is 81.6 Å². The van der Waals surface area contributed by atoms with Crippen LogP contribution in [0.4, 0.5) is 11.8 Å². The van der Waals surface area contributed by atoms with E-state index in [1.54, 1.807) is 18.5 Å². The summed E-state index contributed by atoms with van der Waals surface area (Å²) >= 11 is 6.87. The quantitative estimate of drug-likeness (QED) is 0.216. The summed E-state index contributed by atoms with van der Waals surface area (Å²) in [6, 6.07) is 17.6. The van der Waals surface area contributed by atoms with E-state index in [0.29, 0.717) is 36.0 Å². The number of thiocarbonyl (C=S) groups is 1. The number of anilines is 2. The number of hydrogen-bond donors (Lipinski definition) is 2. The third-order valence-electron chi connectivity index (χ3n) is 5.13. The third-order valence-corrected chi connectivity index (χ3v) is 6.19. The second-order valence-corrected chi connectivity index (χ2v) is 8.96. The minimum atomic E-state index is 0.397. The summed E-state index contributed by atoms with van der Waals surface area (Å²) in [4.78, 5) is 20.0. The van der Waals surface area contributed by atoms with Crippen LogP contribution in [0, 0.1) is 0 Å². The Morgan fingerprint density at radius 1 is 1.00 bits per heavy atom. The van der Waals surface area contributed by atoms with Crippen molar-refractivity contribution in [2.24, 2.45) is 0 Å². The van der Waals surface area contributed by atoms with E-state index in [9.17, 15) is 0 Å². The summed E-state index contributed by atoms with van der Waals surface area (Å²) in [5.41, 5.74) is 1.03. The van der Waals surface area contributed by atoms with Crippen molar-refractivity contribution < 1.29 is 9.15 Å². The van der Waals surface area contributed by atoms with Crippen molar-refractivity contribution in [2.45, 2.75) is 16.7 Å². The molecular weight excluding hydrogens is 482 g/mol. The van der Waals surface area contributed by atoms with Gasteiger partial charge in [0.05, 0.1) is 19.8 Å². The van der Waals surface area contributed by atoms with E-state index in [4.69, 9.17) is 21.4 Å². The molecule has 1 aliphatic heterocycles. The van der Waals surface area contributed by atoms with Crippen molar-refractivity contribution >= 4 is 40.9 Å². The summed E-state index contributed by atoms with van der Waals surface area (Å²) in [5.74, 6) is 2.78. The molecule has 0 saturated carbocycles. The summed E-state index contributed by atoms with van der Waals surface area (Å²) in [6.45, 7) is 3.26. The monoisotopic (exact) mass is 505 g/mol. The molecule has 11 heteroatoms. The van der Waals surface area contributed by atoms with Gasteiger partial charge in [0.25, 0.3) is 0 Å². The van der Waals surface area contributed by atoms with Crippen molar-refractivity contribution in [3.8, 4) is 11.3 Å². The first-order valence-electron chi connectivity index (χ1n) is 11.1. The molecule has 0 bridgehead atoms. The third kappa shape index (κ3) is 6.32. The van der Waals surface area contributed by atoms with Gasteiger partial charge in [-0.15, -0.1) is 0 Å². The molecule has 178 valence electrons. The molecule has 35 heavy (non-hydrogen) atoms. The van der Waals surface area contributed by atoms with E-state index < -0.39 is 0 Å². The zero-order valence-corrected chi connectivity index (χ0v) is 20.4. The molecule has 0 radical (unpaired) electrons. The minimum absolute atomic E-state index is 0.397. The molecule has 0 aliphatic carbocycles. The Morgan fingerprint density at radius 2 is 1.80 bits per heavy atom. The number of hydrogen-bond acceptors (Lipinski definition) is 9. The molecule has 4 heterocycles. The lowest BCUT2D eigenvalue weighted by atomic mass is 10.2. The van der Waals surface area contributed by atoms with Crippen LogP contribution in [-0.2, 0) is 11.3 Å². The molecule has 4 aromatic rings. The van der Waals surface area contributed by atoms with Gasteiger partial charge in [0.2, 0.25) is 5.95 Å². The van der Waals surface area contributed by atoms with E-state index in [1.807, 2.05) is 48.5 Å². The first kappa shape index (κ1) is 23.2. The molecule has 1 fully saturated rings. The lowest BCUT2D eigenvalue weighted by Crippen LogP contribution is -2.37. The Bertz CT molecular complexity index is 1270. The number of benzene rings is 1. The molecule has 0 spiro atoms. The second kappa shape index (κ2) is 11.3. The van der Waals surface area contributed by atoms with Gasteiger partial charge < -0.3 is 24.7 Å². The number of furan rings is 1. The van der Waals surface area contributed by atoms with E-state index in [-0.39, 0.29) is 0 Å². The SMILES string of the molecule is S=C(NCc1ccc(-c2ccccc2)o1)Nc1nc(Sc2ncccn2)cc(N2CCOCC2)n1. The Labute approximate surface area is 212 Å². The predicted molar refractivity (Wildman–Crippen MR) is 138 cm³/mol. The topological polar surface area (TPSA) is 101 Å². The maximum atomic E-state index is 5.94. The number of aromatic nitrogens is 4. The molecule has 1 saturated heterocycles. The first-order chi connectivity index (χ1) is 17.2. The maximum Gasteiger partial charge on any atom is 0.232 e. The molecular formula is C24H23N7O2S2. The van der Waals surface area contributed by atoms with Crippen LogP contribution in [0.25, 0.3) is 11.3 Å². The van der Waals surface area contributed by atoms with Crippen LogP contribution < -0.4 is 15.5 Å². The molecule has 0 unspecified atom stereocenters. The maximum absolute atomic E-state index is 5.94. The summed E-state index contributed by atoms with van der Waals surface area (Å²) < 4.78 is 11.4. The van der Waals surface area contributed by atoms with E-state index in [2.05, 4.69) is 35.5 Å². The minimum Gasteiger partial charge on any atom is -0.459 e. The van der Waals surface area contributed by atoms with Gasteiger partial charge in [-0.25, -0.2) is 15.0 Å². The average molecular weight is 506 g/mol. The van der Waals surface area contributed by atoms with Crippen molar-refractivity contribution in [3.63, 3.8) is 0 Å². The molecule has 0 amide bonds. The fourth-order valence-electron chi connectivity index (χ4n) is 3.45. The summed E-state index contributed by atoms with van der Waals surface area (Å²) in [5, 5.41) is 7.99. The van der Waals surface area contributed by atoms with Crippen LogP contribution in [0.1, 0.15) is 5.76 Å².